The summed E-state index contributed by atoms with van der Waals surface area (Å²) in [5.74, 6) is 0.127. The van der Waals surface area contributed by atoms with Gasteiger partial charge >= 0.3 is 0 Å². The van der Waals surface area contributed by atoms with Crippen molar-refractivity contribution < 1.29 is 42.3 Å². The van der Waals surface area contributed by atoms with Gasteiger partial charge in [0.1, 0.15) is 0 Å². The largest absolute Gasteiger partial charge is 0.542 e. The monoisotopic (exact) mass is 308 g/mol. The van der Waals surface area contributed by atoms with E-state index in [1.54, 1.807) is 13.2 Å². The number of nitrogens with one attached hydrogen (secondary N) is 1. The molecule has 4 nitrogen and oxygen atoms in total. The molecule has 1 radical (unpaired) electrons. The molecule has 0 aliphatic heterocycles. The summed E-state index contributed by atoms with van der Waals surface area (Å²) >= 11 is 0. The molecule has 0 fully saturated rings. The average molecular weight is 308 g/mol. The van der Waals surface area contributed by atoms with E-state index in [0.29, 0.717) is 12.8 Å². The smallest absolute Gasteiger partial charge is 0.219 e. The van der Waals surface area contributed by atoms with Crippen LogP contribution in [0.2, 0.25) is 0 Å². The number of carbonyl (C=O) groups is 1. The van der Waals surface area contributed by atoms with Gasteiger partial charge in [0, 0.05) is 45.7 Å². The summed E-state index contributed by atoms with van der Waals surface area (Å²) < 4.78 is 0. The van der Waals surface area contributed by atoms with Crippen LogP contribution in [-0.4, -0.2) is 25.3 Å². The van der Waals surface area contributed by atoms with E-state index < -0.39 is 0 Å². The van der Waals surface area contributed by atoms with Gasteiger partial charge in [-0.3, -0.25) is 11.1 Å². The molecule has 5 heteroatoms. The molecule has 3 N–H and O–H groups in total. The van der Waals surface area contributed by atoms with Crippen LogP contribution in [0.3, 0.4) is 0 Å². The minimum atomic E-state index is 0. The number of hydrogen-bond acceptors (Lipinski definition) is 3. The van der Waals surface area contributed by atoms with Gasteiger partial charge in [0.2, 0.25) is 5.91 Å². The number of nitrogens with two attached hydrogens (primary N) is 1. The third-order valence-corrected chi connectivity index (χ3v) is 0.839. The molecule has 0 bridgehead atoms. The van der Waals surface area contributed by atoms with Crippen LogP contribution in [-0.2, 0) is 42.3 Å². The van der Waals surface area contributed by atoms with E-state index >= 15 is 0 Å². The Kier molecular flexibility index (Phi) is 67.5. The molecule has 0 aliphatic carbocycles. The minimum absolute atomic E-state index is 0. The molecule has 0 spiro atoms. The first kappa shape index (κ1) is 29.8. The van der Waals surface area contributed by atoms with Crippen molar-refractivity contribution in [1.29, 1.82) is 0 Å². The van der Waals surface area contributed by atoms with Crippen LogP contribution in [0, 0.1) is 0 Å². The van der Waals surface area contributed by atoms with Crippen LogP contribution in [0.15, 0.2) is 0 Å². The van der Waals surface area contributed by atoms with E-state index in [1.165, 1.54) is 0 Å². The zero-order valence-electron chi connectivity index (χ0n) is 10.3. The second-order valence-electron chi connectivity index (χ2n) is 2.21. The van der Waals surface area contributed by atoms with Gasteiger partial charge in [-0.05, 0) is 13.5 Å². The molecule has 0 aromatic heterocycles. The standard InChI is InChI=1S/C5H11NO.C3H5O.C2H7N.CH4.Y/c1-3-5(7)6-4-2;1-2-3-4;1-2-3;;/h3-4H2,1-2H3,(H,6,7);2H2,1H3;2-3H2,1H3;1H4;/q;-1;;;. The molecule has 16 heavy (non-hydrogen) atoms. The third-order valence-electron chi connectivity index (χ3n) is 0.839. The van der Waals surface area contributed by atoms with Gasteiger partial charge in [-0.2, -0.15) is 6.42 Å². The fraction of sp³-hybridized carbons (Fsp3) is 0.818. The van der Waals surface area contributed by atoms with Crippen molar-refractivity contribution in [2.45, 2.75) is 48.0 Å². The Balaban J connectivity index is -0.0000000393. The van der Waals surface area contributed by atoms with Gasteiger partial charge < -0.3 is 15.8 Å². The van der Waals surface area contributed by atoms with E-state index in [-0.39, 0.29) is 46.0 Å². The normalized spacial score (nSPS) is 6.31. The Labute approximate surface area is 126 Å². The zero-order valence-corrected chi connectivity index (χ0v) is 13.1. The van der Waals surface area contributed by atoms with Gasteiger partial charge in [-0.1, -0.05) is 28.2 Å². The molecule has 0 aromatic rings. The van der Waals surface area contributed by atoms with Gasteiger partial charge in [0.15, 0.2) is 0 Å². The SMILES string of the molecule is C.CCN.CCNC(=O)CC.CC[C-]=O.[Y]. The maximum absolute atomic E-state index is 10.3. The van der Waals surface area contributed by atoms with Crippen LogP contribution in [0.25, 0.3) is 0 Å². The Morgan fingerprint density at radius 2 is 1.56 bits per heavy atom. The molecular formula is C11H27N2O2Y-. The van der Waals surface area contributed by atoms with E-state index in [0.717, 1.165) is 13.1 Å². The van der Waals surface area contributed by atoms with Crippen molar-refractivity contribution in [3.8, 4) is 0 Å². The third kappa shape index (κ3) is 64.3. The van der Waals surface area contributed by atoms with Crippen LogP contribution < -0.4 is 11.1 Å². The molecule has 97 valence electrons. The van der Waals surface area contributed by atoms with Crippen molar-refractivity contribution >= 4 is 12.2 Å². The molecule has 0 heterocycles. The summed E-state index contributed by atoms with van der Waals surface area (Å²) in [4.78, 5) is 19.3. The van der Waals surface area contributed by atoms with Crippen LogP contribution in [0.5, 0.6) is 0 Å². The second kappa shape index (κ2) is 36.2. The van der Waals surface area contributed by atoms with Crippen LogP contribution in [0.4, 0.5) is 0 Å². The first-order chi connectivity index (χ1) is 6.64. The van der Waals surface area contributed by atoms with E-state index in [2.05, 4.69) is 5.32 Å². The van der Waals surface area contributed by atoms with E-state index in [1.807, 2.05) is 20.8 Å². The summed E-state index contributed by atoms with van der Waals surface area (Å²) in [7, 11) is 0. The van der Waals surface area contributed by atoms with Crippen molar-refractivity contribution in [3.63, 3.8) is 0 Å². The summed E-state index contributed by atoms with van der Waals surface area (Å²) in [5, 5.41) is 2.66. The Morgan fingerprint density at radius 1 is 1.25 bits per heavy atom. The summed E-state index contributed by atoms with van der Waals surface area (Å²) in [6.07, 6.45) is 2.79. The topological polar surface area (TPSA) is 72.2 Å². The molecule has 0 rings (SSSR count). The minimum Gasteiger partial charge on any atom is -0.542 e. The Morgan fingerprint density at radius 3 is 1.62 bits per heavy atom. The molecular weight excluding hydrogens is 281 g/mol. The Bertz CT molecular complexity index is 123. The molecule has 0 atom stereocenters. The summed E-state index contributed by atoms with van der Waals surface area (Å²) in [6.45, 7) is 8.90. The zero-order chi connectivity index (χ0) is 11.8. The van der Waals surface area contributed by atoms with Crippen molar-refractivity contribution in [1.82, 2.24) is 5.32 Å². The number of amides is 1. The average Bonchev–Trinajstić information content (AvgIpc) is 2.20. The van der Waals surface area contributed by atoms with Gasteiger partial charge in [-0.15, -0.1) is 0 Å². The second-order valence-corrected chi connectivity index (χ2v) is 2.21. The predicted molar refractivity (Wildman–Crippen MR) is 66.4 cm³/mol. The fourth-order valence-electron chi connectivity index (χ4n) is 0.322. The number of hydrogen-bond donors (Lipinski definition) is 2. The first-order valence-corrected chi connectivity index (χ1v) is 4.96. The maximum atomic E-state index is 10.3. The van der Waals surface area contributed by atoms with Gasteiger partial charge in [0.25, 0.3) is 0 Å². The molecule has 0 unspecified atom stereocenters. The summed E-state index contributed by atoms with van der Waals surface area (Å²) in [5.41, 5.74) is 4.85. The molecule has 0 aromatic carbocycles. The Hall–Kier alpha value is 0.204. The molecule has 0 aliphatic rings. The van der Waals surface area contributed by atoms with Crippen molar-refractivity contribution in [2.24, 2.45) is 5.73 Å². The van der Waals surface area contributed by atoms with E-state index in [9.17, 15) is 4.79 Å². The van der Waals surface area contributed by atoms with Crippen molar-refractivity contribution in [2.75, 3.05) is 13.1 Å². The van der Waals surface area contributed by atoms with Gasteiger partial charge in [0.05, 0.1) is 0 Å². The first-order valence-electron chi connectivity index (χ1n) is 4.96. The number of rotatable bonds is 3. The van der Waals surface area contributed by atoms with E-state index in [4.69, 9.17) is 10.5 Å². The fourth-order valence-corrected chi connectivity index (χ4v) is 0.322. The molecule has 1 amide bonds. The summed E-state index contributed by atoms with van der Waals surface area (Å²) in [6, 6.07) is 0. The number of carbonyl (C=O) groups excluding carboxylic acids is 2. The van der Waals surface area contributed by atoms with Gasteiger partial charge in [-0.25, -0.2) is 0 Å². The van der Waals surface area contributed by atoms with Crippen LogP contribution in [0.1, 0.15) is 48.0 Å². The van der Waals surface area contributed by atoms with Crippen LogP contribution >= 0.6 is 0 Å². The molecule has 0 saturated carbocycles. The quantitative estimate of drug-likeness (QED) is 0.779. The predicted octanol–water partition coefficient (Wildman–Crippen LogP) is 1.64. The molecule has 0 saturated heterocycles. The van der Waals surface area contributed by atoms with Crippen molar-refractivity contribution in [3.05, 3.63) is 0 Å². The maximum Gasteiger partial charge on any atom is 0.219 e.